The number of nitrogens with zero attached hydrogens (tertiary/aromatic N) is 1. The van der Waals surface area contributed by atoms with Gasteiger partial charge in [0, 0.05) is 17.8 Å². The zero-order valence-electron chi connectivity index (χ0n) is 14.8. The molecule has 3 amide bonds. The van der Waals surface area contributed by atoms with Crippen LogP contribution in [-0.4, -0.2) is 59.3 Å². The molecule has 1 aromatic carbocycles. The topological polar surface area (TPSA) is 108 Å². The van der Waals surface area contributed by atoms with Crippen LogP contribution >= 0.6 is 11.6 Å². The lowest BCUT2D eigenvalue weighted by Gasteiger charge is -2.33. The summed E-state index contributed by atoms with van der Waals surface area (Å²) in [5.74, 6) is -1.67. The molecule has 0 bridgehead atoms. The van der Waals surface area contributed by atoms with Gasteiger partial charge < -0.3 is 25.4 Å². The Hall–Kier alpha value is -2.32. The molecular weight excluding hydrogens is 362 g/mol. The standard InChI is InChI=1S/C17H22ClN3O5/c1-17(2,3)20-16(25)19-10-4-5-12(18)11(8-10)14(22)21-6-7-26-9-13(21)15(23)24/h4-5,8,13H,6-7,9H2,1-3H3,(H,23,24)(H2,19,20,25). The highest BCUT2D eigenvalue weighted by molar-refractivity contribution is 6.34. The number of amides is 3. The molecule has 0 aromatic heterocycles. The van der Waals surface area contributed by atoms with Gasteiger partial charge in [0.2, 0.25) is 0 Å². The molecule has 8 nitrogen and oxygen atoms in total. The van der Waals surface area contributed by atoms with Crippen LogP contribution < -0.4 is 10.6 Å². The SMILES string of the molecule is CC(C)(C)NC(=O)Nc1ccc(Cl)c(C(=O)N2CCOCC2C(=O)O)c1. The number of hydrogen-bond acceptors (Lipinski definition) is 4. The van der Waals surface area contributed by atoms with Crippen LogP contribution in [0.1, 0.15) is 31.1 Å². The Bertz CT molecular complexity index is 717. The third-order valence-electron chi connectivity index (χ3n) is 3.62. The highest BCUT2D eigenvalue weighted by atomic mass is 35.5. The molecule has 0 aliphatic carbocycles. The number of aliphatic carboxylic acids is 1. The van der Waals surface area contributed by atoms with E-state index in [2.05, 4.69) is 10.6 Å². The van der Waals surface area contributed by atoms with Crippen LogP contribution in [0.25, 0.3) is 0 Å². The lowest BCUT2D eigenvalue weighted by atomic mass is 10.1. The number of rotatable bonds is 3. The fourth-order valence-electron chi connectivity index (χ4n) is 2.48. The van der Waals surface area contributed by atoms with Gasteiger partial charge in [-0.25, -0.2) is 9.59 Å². The number of carbonyl (C=O) groups excluding carboxylic acids is 2. The number of benzene rings is 1. The van der Waals surface area contributed by atoms with Gasteiger partial charge in [0.15, 0.2) is 6.04 Å². The Balaban J connectivity index is 2.22. The molecule has 1 aliphatic rings. The summed E-state index contributed by atoms with van der Waals surface area (Å²) in [5.41, 5.74) is 0.0745. The molecule has 1 atom stereocenters. The molecule has 26 heavy (non-hydrogen) atoms. The molecule has 3 N–H and O–H groups in total. The van der Waals surface area contributed by atoms with E-state index in [1.165, 1.54) is 17.0 Å². The average molecular weight is 384 g/mol. The highest BCUT2D eigenvalue weighted by Crippen LogP contribution is 2.24. The molecule has 0 saturated carbocycles. The predicted octanol–water partition coefficient (Wildman–Crippen LogP) is 2.19. The Morgan fingerprint density at radius 2 is 2.00 bits per heavy atom. The third kappa shape index (κ3) is 5.09. The smallest absolute Gasteiger partial charge is 0.328 e. The zero-order chi connectivity index (χ0) is 19.5. The minimum atomic E-state index is -1.15. The van der Waals surface area contributed by atoms with Crippen LogP contribution in [0.2, 0.25) is 5.02 Å². The first-order valence-corrected chi connectivity index (χ1v) is 8.46. The Morgan fingerprint density at radius 3 is 2.62 bits per heavy atom. The average Bonchev–Trinajstić information content (AvgIpc) is 2.54. The summed E-state index contributed by atoms with van der Waals surface area (Å²) in [6.07, 6.45) is 0. The van der Waals surface area contributed by atoms with Crippen molar-refractivity contribution in [2.45, 2.75) is 32.4 Å². The normalized spacial score (nSPS) is 17.5. The number of carbonyl (C=O) groups is 3. The molecule has 1 fully saturated rings. The number of morpholine rings is 1. The number of nitrogens with one attached hydrogen (secondary N) is 2. The van der Waals surface area contributed by atoms with Crippen molar-refractivity contribution in [2.24, 2.45) is 0 Å². The summed E-state index contributed by atoms with van der Waals surface area (Å²) < 4.78 is 5.14. The van der Waals surface area contributed by atoms with E-state index in [4.69, 9.17) is 16.3 Å². The zero-order valence-corrected chi connectivity index (χ0v) is 15.6. The fourth-order valence-corrected chi connectivity index (χ4v) is 2.67. The predicted molar refractivity (Wildman–Crippen MR) is 96.6 cm³/mol. The summed E-state index contributed by atoms with van der Waals surface area (Å²) in [6, 6.07) is 2.98. The summed E-state index contributed by atoms with van der Waals surface area (Å²) >= 11 is 6.13. The van der Waals surface area contributed by atoms with Gasteiger partial charge in [-0.3, -0.25) is 4.79 Å². The Morgan fingerprint density at radius 1 is 1.31 bits per heavy atom. The van der Waals surface area contributed by atoms with E-state index < -0.39 is 29.5 Å². The minimum Gasteiger partial charge on any atom is -0.480 e. The van der Waals surface area contributed by atoms with Crippen molar-refractivity contribution in [1.29, 1.82) is 0 Å². The van der Waals surface area contributed by atoms with Crippen LogP contribution in [-0.2, 0) is 9.53 Å². The van der Waals surface area contributed by atoms with E-state index in [1.54, 1.807) is 6.07 Å². The number of carboxylic acids is 1. The van der Waals surface area contributed by atoms with Gasteiger partial charge >= 0.3 is 12.0 Å². The van der Waals surface area contributed by atoms with Crippen molar-refractivity contribution in [3.63, 3.8) is 0 Å². The molecule has 0 spiro atoms. The van der Waals surface area contributed by atoms with E-state index in [0.29, 0.717) is 5.69 Å². The van der Waals surface area contributed by atoms with E-state index in [9.17, 15) is 19.5 Å². The minimum absolute atomic E-state index is 0.0787. The molecule has 1 aromatic rings. The lowest BCUT2D eigenvalue weighted by Crippen LogP contribution is -2.52. The number of ether oxygens (including phenoxy) is 1. The second kappa shape index (κ2) is 7.92. The van der Waals surface area contributed by atoms with Gasteiger partial charge in [-0.15, -0.1) is 0 Å². The molecule has 1 heterocycles. The maximum atomic E-state index is 12.8. The molecule has 1 saturated heterocycles. The van der Waals surface area contributed by atoms with Crippen molar-refractivity contribution in [2.75, 3.05) is 25.1 Å². The van der Waals surface area contributed by atoms with Crippen molar-refractivity contribution in [1.82, 2.24) is 10.2 Å². The van der Waals surface area contributed by atoms with Crippen LogP contribution in [0.15, 0.2) is 18.2 Å². The second-order valence-electron chi connectivity index (χ2n) is 6.95. The van der Waals surface area contributed by atoms with Gasteiger partial charge in [0.05, 0.1) is 23.8 Å². The van der Waals surface area contributed by atoms with Crippen LogP contribution in [0.5, 0.6) is 0 Å². The summed E-state index contributed by atoms with van der Waals surface area (Å²) in [6.45, 7) is 5.84. The number of urea groups is 1. The van der Waals surface area contributed by atoms with E-state index in [1.807, 2.05) is 20.8 Å². The maximum Gasteiger partial charge on any atom is 0.328 e. The number of hydrogen-bond donors (Lipinski definition) is 3. The van der Waals surface area contributed by atoms with E-state index in [-0.39, 0.29) is 30.3 Å². The van der Waals surface area contributed by atoms with Gasteiger partial charge in [0.1, 0.15) is 0 Å². The van der Waals surface area contributed by atoms with Crippen molar-refractivity contribution < 1.29 is 24.2 Å². The molecular formula is C17H22ClN3O5. The largest absolute Gasteiger partial charge is 0.480 e. The second-order valence-corrected chi connectivity index (χ2v) is 7.36. The Labute approximate surface area is 156 Å². The van der Waals surface area contributed by atoms with E-state index >= 15 is 0 Å². The maximum absolute atomic E-state index is 12.8. The summed E-state index contributed by atoms with van der Waals surface area (Å²) in [5, 5.41) is 14.8. The molecule has 0 radical (unpaired) electrons. The van der Waals surface area contributed by atoms with Crippen LogP contribution in [0.3, 0.4) is 0 Å². The van der Waals surface area contributed by atoms with Crippen molar-refractivity contribution in [3.05, 3.63) is 28.8 Å². The highest BCUT2D eigenvalue weighted by Gasteiger charge is 2.34. The Kier molecular flexibility index (Phi) is 6.09. The van der Waals surface area contributed by atoms with Crippen LogP contribution in [0, 0.1) is 0 Å². The molecule has 9 heteroatoms. The summed E-state index contributed by atoms with van der Waals surface area (Å²) in [7, 11) is 0. The van der Waals surface area contributed by atoms with Gasteiger partial charge in [-0.05, 0) is 39.0 Å². The van der Waals surface area contributed by atoms with Gasteiger partial charge in [-0.1, -0.05) is 11.6 Å². The summed E-state index contributed by atoms with van der Waals surface area (Å²) in [4.78, 5) is 37.4. The first-order chi connectivity index (χ1) is 12.1. The first-order valence-electron chi connectivity index (χ1n) is 8.09. The first kappa shape index (κ1) is 20.0. The molecule has 2 rings (SSSR count). The monoisotopic (exact) mass is 383 g/mol. The number of halogens is 1. The van der Waals surface area contributed by atoms with Crippen molar-refractivity contribution in [3.8, 4) is 0 Å². The quantitative estimate of drug-likeness (QED) is 0.741. The van der Waals surface area contributed by atoms with E-state index in [0.717, 1.165) is 0 Å². The molecule has 1 unspecified atom stereocenters. The van der Waals surface area contributed by atoms with Crippen LogP contribution in [0.4, 0.5) is 10.5 Å². The number of anilines is 1. The fraction of sp³-hybridized carbons (Fsp3) is 0.471. The van der Waals surface area contributed by atoms with Gasteiger partial charge in [-0.2, -0.15) is 0 Å². The lowest BCUT2D eigenvalue weighted by molar-refractivity contribution is -0.147. The molecule has 142 valence electrons. The molecule has 1 aliphatic heterocycles. The van der Waals surface area contributed by atoms with Gasteiger partial charge in [0.25, 0.3) is 5.91 Å². The number of carboxylic acid groups (broad SMARTS) is 1. The van der Waals surface area contributed by atoms with Crippen molar-refractivity contribution >= 4 is 35.2 Å². The third-order valence-corrected chi connectivity index (χ3v) is 3.95.